The molecule has 0 spiro atoms. The number of nitrogens with two attached hydrogens (primary N) is 1. The van der Waals surface area contributed by atoms with Crippen molar-refractivity contribution in [2.45, 2.75) is 57.4 Å². The van der Waals surface area contributed by atoms with Crippen LogP contribution >= 0.6 is 0 Å². The third kappa shape index (κ3) is 3.10. The van der Waals surface area contributed by atoms with Crippen LogP contribution in [-0.2, 0) is 5.54 Å². The van der Waals surface area contributed by atoms with Crippen LogP contribution in [0, 0.1) is 5.92 Å². The van der Waals surface area contributed by atoms with Gasteiger partial charge in [0.15, 0.2) is 0 Å². The van der Waals surface area contributed by atoms with Gasteiger partial charge in [0, 0.05) is 5.54 Å². The van der Waals surface area contributed by atoms with Gasteiger partial charge in [0.05, 0.1) is 0 Å². The molecule has 2 rings (SSSR count). The third-order valence-corrected chi connectivity index (χ3v) is 4.36. The van der Waals surface area contributed by atoms with E-state index in [0.717, 1.165) is 18.8 Å². The van der Waals surface area contributed by atoms with Gasteiger partial charge in [0.25, 0.3) is 0 Å². The molecule has 1 aliphatic carbocycles. The van der Waals surface area contributed by atoms with Crippen LogP contribution in [0.3, 0.4) is 0 Å². The van der Waals surface area contributed by atoms with E-state index in [4.69, 9.17) is 5.73 Å². The molecule has 1 aromatic rings. The van der Waals surface area contributed by atoms with E-state index < -0.39 is 0 Å². The Morgan fingerprint density at radius 1 is 1.12 bits per heavy atom. The highest BCUT2D eigenvalue weighted by atomic mass is 14.7. The smallest absolute Gasteiger partial charge is 0.0409 e. The van der Waals surface area contributed by atoms with Crippen molar-refractivity contribution < 1.29 is 0 Å². The van der Waals surface area contributed by atoms with Gasteiger partial charge in [0.1, 0.15) is 0 Å². The molecular formula is C16H25N. The fourth-order valence-corrected chi connectivity index (χ4v) is 3.14. The van der Waals surface area contributed by atoms with Crippen LogP contribution in [0.2, 0.25) is 0 Å². The Kier molecular flexibility index (Phi) is 4.22. The Labute approximate surface area is 105 Å². The maximum absolute atomic E-state index is 6.65. The molecule has 1 aliphatic rings. The van der Waals surface area contributed by atoms with Crippen LogP contribution in [0.15, 0.2) is 30.3 Å². The zero-order valence-corrected chi connectivity index (χ0v) is 11.0. The monoisotopic (exact) mass is 231 g/mol. The number of benzene rings is 1. The largest absolute Gasteiger partial charge is 0.321 e. The molecular weight excluding hydrogens is 206 g/mol. The fourth-order valence-electron chi connectivity index (χ4n) is 3.14. The van der Waals surface area contributed by atoms with Crippen molar-refractivity contribution in [2.24, 2.45) is 11.7 Å². The Bertz CT molecular complexity index is 327. The zero-order chi connectivity index (χ0) is 12.1. The summed E-state index contributed by atoms with van der Waals surface area (Å²) >= 11 is 0. The summed E-state index contributed by atoms with van der Waals surface area (Å²) in [4.78, 5) is 0. The molecule has 0 aromatic heterocycles. The maximum atomic E-state index is 6.65. The van der Waals surface area contributed by atoms with E-state index in [9.17, 15) is 0 Å². The standard InChI is InChI=1S/C16H25N/c1-2-16(17,15-11-7-4-8-12-15)13-14-9-5-3-6-10-14/h4,7-8,11-12,14H,2-3,5-6,9-10,13,17H2,1H3. The Morgan fingerprint density at radius 2 is 1.76 bits per heavy atom. The molecule has 1 fully saturated rings. The van der Waals surface area contributed by atoms with Crippen molar-refractivity contribution in [3.8, 4) is 0 Å². The average Bonchev–Trinajstić information content (AvgIpc) is 2.41. The molecule has 1 nitrogen and oxygen atoms in total. The second-order valence-electron chi connectivity index (χ2n) is 5.58. The van der Waals surface area contributed by atoms with Crippen LogP contribution in [0.5, 0.6) is 0 Å². The van der Waals surface area contributed by atoms with Gasteiger partial charge in [-0.3, -0.25) is 0 Å². The van der Waals surface area contributed by atoms with Gasteiger partial charge in [0.2, 0.25) is 0 Å². The molecule has 0 aliphatic heterocycles. The highest BCUT2D eigenvalue weighted by Gasteiger charge is 2.29. The second-order valence-corrected chi connectivity index (χ2v) is 5.58. The number of rotatable bonds is 4. The second kappa shape index (κ2) is 5.68. The van der Waals surface area contributed by atoms with Crippen LogP contribution in [0.4, 0.5) is 0 Å². The SMILES string of the molecule is CCC(N)(CC1CCCCC1)c1ccccc1. The summed E-state index contributed by atoms with van der Waals surface area (Å²) in [5, 5.41) is 0. The van der Waals surface area contributed by atoms with Crippen molar-refractivity contribution >= 4 is 0 Å². The Morgan fingerprint density at radius 3 is 2.35 bits per heavy atom. The van der Waals surface area contributed by atoms with E-state index in [1.54, 1.807) is 0 Å². The summed E-state index contributed by atoms with van der Waals surface area (Å²) in [5.74, 6) is 0.842. The molecule has 94 valence electrons. The van der Waals surface area contributed by atoms with Gasteiger partial charge in [-0.15, -0.1) is 0 Å². The Balaban J connectivity index is 2.08. The molecule has 2 N–H and O–H groups in total. The van der Waals surface area contributed by atoms with Crippen molar-refractivity contribution in [3.63, 3.8) is 0 Å². The minimum Gasteiger partial charge on any atom is -0.321 e. The molecule has 0 saturated heterocycles. The Hall–Kier alpha value is -0.820. The first-order valence-electron chi connectivity index (χ1n) is 7.09. The van der Waals surface area contributed by atoms with Gasteiger partial charge in [-0.1, -0.05) is 69.4 Å². The minimum atomic E-state index is -0.108. The first-order chi connectivity index (χ1) is 8.24. The maximum Gasteiger partial charge on any atom is 0.0409 e. The van der Waals surface area contributed by atoms with E-state index in [0.29, 0.717) is 0 Å². The van der Waals surface area contributed by atoms with Crippen LogP contribution in [-0.4, -0.2) is 0 Å². The highest BCUT2D eigenvalue weighted by molar-refractivity contribution is 5.23. The topological polar surface area (TPSA) is 26.0 Å². The zero-order valence-electron chi connectivity index (χ0n) is 11.0. The van der Waals surface area contributed by atoms with Crippen molar-refractivity contribution in [2.75, 3.05) is 0 Å². The molecule has 1 atom stereocenters. The van der Waals surface area contributed by atoms with E-state index in [-0.39, 0.29) is 5.54 Å². The lowest BCUT2D eigenvalue weighted by Crippen LogP contribution is -2.38. The first-order valence-corrected chi connectivity index (χ1v) is 7.09. The third-order valence-electron chi connectivity index (χ3n) is 4.36. The predicted octanol–water partition coefficient (Wildman–Crippen LogP) is 4.22. The van der Waals surface area contributed by atoms with E-state index in [1.165, 1.54) is 37.7 Å². The molecule has 0 heterocycles. The summed E-state index contributed by atoms with van der Waals surface area (Å²) < 4.78 is 0. The molecule has 1 saturated carbocycles. The molecule has 0 radical (unpaired) electrons. The lowest BCUT2D eigenvalue weighted by molar-refractivity contribution is 0.253. The van der Waals surface area contributed by atoms with Crippen LogP contribution in [0.1, 0.15) is 57.4 Å². The number of hydrogen-bond acceptors (Lipinski definition) is 1. The van der Waals surface area contributed by atoms with Crippen LogP contribution in [0.25, 0.3) is 0 Å². The quantitative estimate of drug-likeness (QED) is 0.825. The van der Waals surface area contributed by atoms with Crippen molar-refractivity contribution in [1.82, 2.24) is 0 Å². The average molecular weight is 231 g/mol. The molecule has 17 heavy (non-hydrogen) atoms. The fraction of sp³-hybridized carbons (Fsp3) is 0.625. The number of hydrogen-bond donors (Lipinski definition) is 1. The summed E-state index contributed by atoms with van der Waals surface area (Å²) in [6.45, 7) is 2.22. The van der Waals surface area contributed by atoms with Crippen molar-refractivity contribution in [1.29, 1.82) is 0 Å². The molecule has 0 amide bonds. The van der Waals surface area contributed by atoms with Crippen molar-refractivity contribution in [3.05, 3.63) is 35.9 Å². The molecule has 1 aromatic carbocycles. The lowest BCUT2D eigenvalue weighted by Gasteiger charge is -2.34. The van der Waals surface area contributed by atoms with Gasteiger partial charge in [-0.05, 0) is 24.3 Å². The summed E-state index contributed by atoms with van der Waals surface area (Å²) in [5.41, 5.74) is 7.85. The van der Waals surface area contributed by atoms with Crippen LogP contribution < -0.4 is 5.73 Å². The highest BCUT2D eigenvalue weighted by Crippen LogP contribution is 2.35. The summed E-state index contributed by atoms with van der Waals surface area (Å²) in [7, 11) is 0. The van der Waals surface area contributed by atoms with E-state index in [1.807, 2.05) is 0 Å². The predicted molar refractivity (Wildman–Crippen MR) is 73.8 cm³/mol. The van der Waals surface area contributed by atoms with Gasteiger partial charge < -0.3 is 5.73 Å². The normalized spacial score (nSPS) is 21.1. The minimum absolute atomic E-state index is 0.108. The van der Waals surface area contributed by atoms with Gasteiger partial charge >= 0.3 is 0 Å². The molecule has 1 heteroatoms. The van der Waals surface area contributed by atoms with E-state index >= 15 is 0 Å². The van der Waals surface area contributed by atoms with Gasteiger partial charge in [-0.2, -0.15) is 0 Å². The molecule has 1 unspecified atom stereocenters. The molecule has 0 bridgehead atoms. The summed E-state index contributed by atoms with van der Waals surface area (Å²) in [6, 6.07) is 10.7. The van der Waals surface area contributed by atoms with Gasteiger partial charge in [-0.25, -0.2) is 0 Å². The van der Waals surface area contributed by atoms with E-state index in [2.05, 4.69) is 37.3 Å². The first kappa shape index (κ1) is 12.6. The summed E-state index contributed by atoms with van der Waals surface area (Å²) in [6.07, 6.45) is 9.18. The lowest BCUT2D eigenvalue weighted by atomic mass is 9.75.